The topological polar surface area (TPSA) is 12.0 Å². The Hall–Kier alpha value is 0.620. The number of halogens is 1. The SMILES string of the molecule is CCC(C)(I)C(=S)NC. The van der Waals surface area contributed by atoms with Crippen LogP contribution in [-0.4, -0.2) is 15.5 Å². The van der Waals surface area contributed by atoms with Gasteiger partial charge in [0.05, 0.1) is 8.41 Å². The van der Waals surface area contributed by atoms with Crippen LogP contribution in [0.25, 0.3) is 0 Å². The number of hydrogen-bond acceptors (Lipinski definition) is 1. The van der Waals surface area contributed by atoms with Gasteiger partial charge in [0, 0.05) is 7.05 Å². The lowest BCUT2D eigenvalue weighted by Gasteiger charge is -2.20. The minimum absolute atomic E-state index is 0.141. The summed E-state index contributed by atoms with van der Waals surface area (Å²) in [6, 6.07) is 0. The standard InChI is InChI=1S/C6H12INS/c1-4-6(2,7)5(9)8-3/h4H2,1-3H3,(H,8,9). The Labute approximate surface area is 75.7 Å². The summed E-state index contributed by atoms with van der Waals surface area (Å²) in [4.78, 5) is 0.936. The molecule has 0 aliphatic carbocycles. The van der Waals surface area contributed by atoms with Crippen LogP contribution in [-0.2, 0) is 0 Å². The summed E-state index contributed by atoms with van der Waals surface area (Å²) < 4.78 is 0.141. The van der Waals surface area contributed by atoms with Crippen LogP contribution in [0.4, 0.5) is 0 Å². The van der Waals surface area contributed by atoms with Crippen LogP contribution in [0, 0.1) is 0 Å². The van der Waals surface area contributed by atoms with E-state index >= 15 is 0 Å². The third kappa shape index (κ3) is 2.80. The maximum atomic E-state index is 5.07. The molecule has 54 valence electrons. The average Bonchev–Trinajstić information content (AvgIpc) is 1.86. The summed E-state index contributed by atoms with van der Waals surface area (Å²) in [6.45, 7) is 4.27. The van der Waals surface area contributed by atoms with E-state index in [4.69, 9.17) is 12.2 Å². The first-order valence-electron chi connectivity index (χ1n) is 2.95. The summed E-state index contributed by atoms with van der Waals surface area (Å²) in [5, 5.41) is 2.98. The van der Waals surface area contributed by atoms with Crippen LogP contribution in [0.3, 0.4) is 0 Å². The molecule has 0 aromatic heterocycles. The van der Waals surface area contributed by atoms with E-state index in [-0.39, 0.29) is 3.42 Å². The second kappa shape index (κ2) is 3.71. The normalized spacial score (nSPS) is 16.4. The fourth-order valence-corrected chi connectivity index (χ4v) is 0.835. The molecule has 0 rings (SSSR count). The van der Waals surface area contributed by atoms with E-state index in [9.17, 15) is 0 Å². The highest BCUT2D eigenvalue weighted by molar-refractivity contribution is 14.1. The van der Waals surface area contributed by atoms with E-state index in [1.54, 1.807) is 0 Å². The molecule has 0 spiro atoms. The molecule has 0 saturated heterocycles. The van der Waals surface area contributed by atoms with Crippen LogP contribution >= 0.6 is 34.8 Å². The maximum absolute atomic E-state index is 5.07. The van der Waals surface area contributed by atoms with Gasteiger partial charge in [0.15, 0.2) is 0 Å². The van der Waals surface area contributed by atoms with Crippen LogP contribution in [0.1, 0.15) is 20.3 Å². The van der Waals surface area contributed by atoms with Gasteiger partial charge in [-0.25, -0.2) is 0 Å². The molecule has 1 N–H and O–H groups in total. The van der Waals surface area contributed by atoms with Crippen molar-refractivity contribution in [2.45, 2.75) is 23.7 Å². The first kappa shape index (κ1) is 9.62. The lowest BCUT2D eigenvalue weighted by molar-refractivity contribution is 0.814. The first-order chi connectivity index (χ1) is 4.04. The van der Waals surface area contributed by atoms with E-state index in [0.29, 0.717) is 0 Å². The van der Waals surface area contributed by atoms with Crippen molar-refractivity contribution >= 4 is 39.8 Å². The third-order valence-electron chi connectivity index (χ3n) is 1.36. The molecule has 3 heteroatoms. The van der Waals surface area contributed by atoms with Crippen molar-refractivity contribution in [3.05, 3.63) is 0 Å². The predicted molar refractivity (Wildman–Crippen MR) is 54.4 cm³/mol. The van der Waals surface area contributed by atoms with Gasteiger partial charge >= 0.3 is 0 Å². The summed E-state index contributed by atoms with van der Waals surface area (Å²) in [5.41, 5.74) is 0. The van der Waals surface area contributed by atoms with Crippen molar-refractivity contribution in [2.24, 2.45) is 0 Å². The van der Waals surface area contributed by atoms with Crippen LogP contribution in [0.5, 0.6) is 0 Å². The van der Waals surface area contributed by atoms with Crippen LogP contribution in [0.15, 0.2) is 0 Å². The second-order valence-electron chi connectivity index (χ2n) is 2.13. The summed E-state index contributed by atoms with van der Waals surface area (Å²) in [5.74, 6) is 0. The van der Waals surface area contributed by atoms with Gasteiger partial charge in [-0.2, -0.15) is 0 Å². The Morgan fingerprint density at radius 3 is 2.33 bits per heavy atom. The van der Waals surface area contributed by atoms with E-state index in [2.05, 4.69) is 41.8 Å². The van der Waals surface area contributed by atoms with Gasteiger partial charge in [-0.05, 0) is 13.3 Å². The highest BCUT2D eigenvalue weighted by atomic mass is 127. The molecule has 1 atom stereocenters. The molecule has 0 aromatic rings. The fourth-order valence-electron chi connectivity index (χ4n) is 0.421. The van der Waals surface area contributed by atoms with E-state index in [1.165, 1.54) is 0 Å². The van der Waals surface area contributed by atoms with Gasteiger partial charge in [-0.15, -0.1) is 0 Å². The quantitative estimate of drug-likeness (QED) is 0.462. The zero-order valence-electron chi connectivity index (χ0n) is 5.99. The molecule has 0 radical (unpaired) electrons. The molecule has 0 amide bonds. The van der Waals surface area contributed by atoms with E-state index in [0.717, 1.165) is 11.4 Å². The molecule has 0 aliphatic rings. The Kier molecular flexibility index (Phi) is 3.96. The molecular weight excluding hydrogens is 245 g/mol. The van der Waals surface area contributed by atoms with Gasteiger partial charge in [0.1, 0.15) is 0 Å². The van der Waals surface area contributed by atoms with Gasteiger partial charge in [-0.3, -0.25) is 0 Å². The van der Waals surface area contributed by atoms with Crippen molar-refractivity contribution in [3.63, 3.8) is 0 Å². The number of nitrogens with one attached hydrogen (secondary N) is 1. The van der Waals surface area contributed by atoms with Crippen molar-refractivity contribution in [1.82, 2.24) is 5.32 Å². The highest BCUT2D eigenvalue weighted by Crippen LogP contribution is 2.22. The molecule has 1 unspecified atom stereocenters. The number of hydrogen-bond donors (Lipinski definition) is 1. The Morgan fingerprint density at radius 2 is 2.22 bits per heavy atom. The zero-order valence-corrected chi connectivity index (χ0v) is 8.97. The first-order valence-corrected chi connectivity index (χ1v) is 4.44. The largest absolute Gasteiger partial charge is 0.382 e. The highest BCUT2D eigenvalue weighted by Gasteiger charge is 2.21. The molecule has 9 heavy (non-hydrogen) atoms. The van der Waals surface area contributed by atoms with E-state index < -0.39 is 0 Å². The second-order valence-corrected chi connectivity index (χ2v) is 4.92. The number of rotatable bonds is 2. The minimum Gasteiger partial charge on any atom is -0.382 e. The molecule has 0 saturated carbocycles. The third-order valence-corrected chi connectivity index (χ3v) is 3.69. The van der Waals surface area contributed by atoms with Crippen molar-refractivity contribution in [3.8, 4) is 0 Å². The molecule has 0 bridgehead atoms. The van der Waals surface area contributed by atoms with Crippen LogP contribution < -0.4 is 5.32 Å². The molecule has 0 heterocycles. The molecule has 0 aromatic carbocycles. The number of thiocarbonyl (C=S) groups is 1. The molecule has 0 fully saturated rings. The van der Waals surface area contributed by atoms with Crippen molar-refractivity contribution in [2.75, 3.05) is 7.05 Å². The van der Waals surface area contributed by atoms with Gasteiger partial charge in [-0.1, -0.05) is 41.7 Å². The Bertz CT molecular complexity index is 112. The minimum atomic E-state index is 0.141. The number of alkyl halides is 1. The molecule has 0 aliphatic heterocycles. The monoisotopic (exact) mass is 257 g/mol. The average molecular weight is 257 g/mol. The maximum Gasteiger partial charge on any atom is 0.0909 e. The predicted octanol–water partition coefficient (Wildman–Crippen LogP) is 2.14. The Balaban J connectivity index is 3.97. The summed E-state index contributed by atoms with van der Waals surface area (Å²) in [6.07, 6.45) is 1.08. The van der Waals surface area contributed by atoms with Gasteiger partial charge in [0.25, 0.3) is 0 Å². The van der Waals surface area contributed by atoms with Gasteiger partial charge < -0.3 is 5.32 Å². The summed E-state index contributed by atoms with van der Waals surface area (Å²) in [7, 11) is 1.87. The fraction of sp³-hybridized carbons (Fsp3) is 0.833. The molecule has 1 nitrogen and oxygen atoms in total. The molecular formula is C6H12INS. The van der Waals surface area contributed by atoms with Crippen molar-refractivity contribution < 1.29 is 0 Å². The zero-order chi connectivity index (χ0) is 7.49. The lowest BCUT2D eigenvalue weighted by Crippen LogP contribution is -2.35. The van der Waals surface area contributed by atoms with Gasteiger partial charge in [0.2, 0.25) is 0 Å². The smallest absolute Gasteiger partial charge is 0.0909 e. The van der Waals surface area contributed by atoms with Crippen LogP contribution in [0.2, 0.25) is 0 Å². The Morgan fingerprint density at radius 1 is 1.78 bits per heavy atom. The van der Waals surface area contributed by atoms with E-state index in [1.807, 2.05) is 7.05 Å². The lowest BCUT2D eigenvalue weighted by atomic mass is 10.1. The summed E-state index contributed by atoms with van der Waals surface area (Å²) >= 11 is 7.43. The van der Waals surface area contributed by atoms with Crippen molar-refractivity contribution in [1.29, 1.82) is 0 Å².